The topological polar surface area (TPSA) is 148 Å². The van der Waals surface area contributed by atoms with Gasteiger partial charge in [-0.25, -0.2) is 0 Å². The van der Waals surface area contributed by atoms with Gasteiger partial charge in [0.2, 0.25) is 11.8 Å². The van der Waals surface area contributed by atoms with E-state index in [1.807, 2.05) is 0 Å². The molecule has 26 heavy (non-hydrogen) atoms. The minimum atomic E-state index is -0.833. The van der Waals surface area contributed by atoms with Gasteiger partial charge in [0.25, 0.3) is 5.97 Å². The van der Waals surface area contributed by atoms with Gasteiger partial charge in [0.05, 0.1) is 0 Å². The van der Waals surface area contributed by atoms with Gasteiger partial charge in [-0.3, -0.25) is 14.4 Å². The smallest absolute Gasteiger partial charge is 0.300 e. The van der Waals surface area contributed by atoms with Crippen molar-refractivity contribution in [3.8, 4) is 0 Å². The zero-order valence-electron chi connectivity index (χ0n) is 16.2. The van der Waals surface area contributed by atoms with E-state index in [1.165, 1.54) is 0 Å². The van der Waals surface area contributed by atoms with Crippen LogP contribution in [0.5, 0.6) is 0 Å². The molecule has 0 aromatic heterocycles. The van der Waals surface area contributed by atoms with Gasteiger partial charge in [-0.1, -0.05) is 25.7 Å². The Morgan fingerprint density at radius 2 is 1.00 bits per heavy atom. The summed E-state index contributed by atoms with van der Waals surface area (Å²) in [4.78, 5) is 32.1. The first kappa shape index (κ1) is 26.6. The van der Waals surface area contributed by atoms with Crippen LogP contribution in [-0.2, 0) is 14.4 Å². The average Bonchev–Trinajstić information content (AvgIpc) is 2.58. The van der Waals surface area contributed by atoms with Crippen LogP contribution in [0.2, 0.25) is 0 Å². The highest BCUT2D eigenvalue weighted by Crippen LogP contribution is 1.99. The summed E-state index contributed by atoms with van der Waals surface area (Å²) in [7, 11) is 0. The monoisotopic (exact) mass is 374 g/mol. The molecular weight excluding hydrogens is 336 g/mol. The van der Waals surface area contributed by atoms with Crippen molar-refractivity contribution in [1.29, 1.82) is 0 Å². The van der Waals surface area contributed by atoms with Crippen molar-refractivity contribution in [2.24, 2.45) is 11.5 Å². The molecule has 0 aliphatic rings. The molecule has 0 aliphatic heterocycles. The number of carboxylic acids is 1. The highest BCUT2D eigenvalue weighted by atomic mass is 16.4. The number of hydrogen-bond acceptors (Lipinski definition) is 5. The summed E-state index contributed by atoms with van der Waals surface area (Å²) in [5.41, 5.74) is 10.8. The van der Waals surface area contributed by atoms with E-state index in [9.17, 15) is 9.59 Å². The first-order valence-electron chi connectivity index (χ1n) is 9.57. The van der Waals surface area contributed by atoms with Crippen molar-refractivity contribution in [3.63, 3.8) is 0 Å². The summed E-state index contributed by atoms with van der Waals surface area (Å²) < 4.78 is 0. The Bertz CT molecular complexity index is 333. The summed E-state index contributed by atoms with van der Waals surface area (Å²) >= 11 is 0. The molecule has 2 amide bonds. The van der Waals surface area contributed by atoms with E-state index in [4.69, 9.17) is 21.4 Å². The number of carbonyl (C=O) groups excluding carboxylic acids is 2. The minimum Gasteiger partial charge on any atom is -0.481 e. The zero-order valence-corrected chi connectivity index (χ0v) is 16.2. The van der Waals surface area contributed by atoms with Crippen LogP contribution < -0.4 is 22.1 Å². The van der Waals surface area contributed by atoms with Crippen LogP contribution >= 0.6 is 0 Å². The van der Waals surface area contributed by atoms with E-state index in [2.05, 4.69) is 10.6 Å². The van der Waals surface area contributed by atoms with Crippen molar-refractivity contribution in [3.05, 3.63) is 0 Å². The predicted molar refractivity (Wildman–Crippen MR) is 104 cm³/mol. The molecular formula is C18H38N4O4. The molecule has 0 atom stereocenters. The normalized spacial score (nSPS) is 9.81. The molecule has 7 N–H and O–H groups in total. The number of carbonyl (C=O) groups is 3. The van der Waals surface area contributed by atoms with Gasteiger partial charge in [-0.15, -0.1) is 0 Å². The molecule has 0 saturated heterocycles. The summed E-state index contributed by atoms with van der Waals surface area (Å²) in [6, 6.07) is 0. The Balaban J connectivity index is 0. The fraction of sp³-hybridized carbons (Fsp3) is 0.833. The maximum atomic E-state index is 11.6. The number of aliphatic carboxylic acids is 1. The Morgan fingerprint density at radius 1 is 0.692 bits per heavy atom. The molecule has 154 valence electrons. The fourth-order valence-corrected chi connectivity index (χ4v) is 2.11. The van der Waals surface area contributed by atoms with Gasteiger partial charge in [-0.05, 0) is 38.8 Å². The van der Waals surface area contributed by atoms with Crippen LogP contribution in [0.1, 0.15) is 71.1 Å². The Hall–Kier alpha value is -1.67. The highest BCUT2D eigenvalue weighted by Gasteiger charge is 2.05. The first-order valence-corrected chi connectivity index (χ1v) is 9.57. The lowest BCUT2D eigenvalue weighted by Gasteiger charge is -2.06. The molecule has 0 saturated carbocycles. The van der Waals surface area contributed by atoms with E-state index in [1.54, 1.807) is 0 Å². The van der Waals surface area contributed by atoms with Crippen LogP contribution in [0, 0.1) is 0 Å². The molecule has 0 aliphatic carbocycles. The van der Waals surface area contributed by atoms with Crippen LogP contribution in [0.25, 0.3) is 0 Å². The summed E-state index contributed by atoms with van der Waals surface area (Å²) in [6.45, 7) is 3.92. The third-order valence-electron chi connectivity index (χ3n) is 3.49. The Morgan fingerprint density at radius 3 is 1.31 bits per heavy atom. The van der Waals surface area contributed by atoms with Crippen molar-refractivity contribution >= 4 is 17.8 Å². The maximum Gasteiger partial charge on any atom is 0.300 e. The second-order valence-corrected chi connectivity index (χ2v) is 6.12. The van der Waals surface area contributed by atoms with Crippen LogP contribution in [0.3, 0.4) is 0 Å². The van der Waals surface area contributed by atoms with Crippen LogP contribution in [0.4, 0.5) is 0 Å². The molecule has 0 aromatic carbocycles. The Labute approximate surface area is 157 Å². The lowest BCUT2D eigenvalue weighted by Crippen LogP contribution is -2.28. The number of nitrogens with two attached hydrogens (primary N) is 2. The lowest BCUT2D eigenvalue weighted by atomic mass is 10.2. The molecule has 0 fully saturated rings. The van der Waals surface area contributed by atoms with Gasteiger partial charge in [-0.2, -0.15) is 0 Å². The molecule has 0 heterocycles. The van der Waals surface area contributed by atoms with Gasteiger partial charge < -0.3 is 27.2 Å². The predicted octanol–water partition coefficient (Wildman–Crippen LogP) is 1.13. The SMILES string of the molecule is CC(=O)O.NCCCCCCNC(=O)CCC(=O)NCCCCCCN. The number of carboxylic acid groups (broad SMARTS) is 1. The molecule has 0 unspecified atom stereocenters. The minimum absolute atomic E-state index is 0.0445. The van der Waals surface area contributed by atoms with E-state index in [0.717, 1.165) is 71.4 Å². The number of unbranched alkanes of at least 4 members (excludes halogenated alkanes) is 6. The van der Waals surface area contributed by atoms with Crippen molar-refractivity contribution in [2.45, 2.75) is 71.1 Å². The molecule has 0 aromatic rings. The molecule has 8 heteroatoms. The number of amides is 2. The van der Waals surface area contributed by atoms with Crippen LogP contribution in [0.15, 0.2) is 0 Å². The second-order valence-electron chi connectivity index (χ2n) is 6.12. The van der Waals surface area contributed by atoms with Gasteiger partial charge in [0.15, 0.2) is 0 Å². The molecule has 0 radical (unpaired) electrons. The van der Waals surface area contributed by atoms with Crippen molar-refractivity contribution in [1.82, 2.24) is 10.6 Å². The largest absolute Gasteiger partial charge is 0.481 e. The molecule has 0 spiro atoms. The summed E-state index contributed by atoms with van der Waals surface area (Å²) in [5.74, 6) is -0.922. The summed E-state index contributed by atoms with van der Waals surface area (Å²) in [6.07, 6.45) is 8.95. The van der Waals surface area contributed by atoms with Gasteiger partial charge in [0, 0.05) is 32.9 Å². The third kappa shape index (κ3) is 27.2. The van der Waals surface area contributed by atoms with E-state index in [-0.39, 0.29) is 24.7 Å². The average molecular weight is 375 g/mol. The lowest BCUT2D eigenvalue weighted by molar-refractivity contribution is -0.134. The Kier molecular flexibility index (Phi) is 21.8. The number of nitrogens with one attached hydrogen (secondary N) is 2. The zero-order chi connectivity index (χ0) is 20.0. The maximum absolute atomic E-state index is 11.6. The van der Waals surface area contributed by atoms with Crippen molar-refractivity contribution in [2.75, 3.05) is 26.2 Å². The van der Waals surface area contributed by atoms with E-state index >= 15 is 0 Å². The van der Waals surface area contributed by atoms with E-state index in [0.29, 0.717) is 13.1 Å². The van der Waals surface area contributed by atoms with Gasteiger partial charge in [0.1, 0.15) is 0 Å². The van der Waals surface area contributed by atoms with Crippen molar-refractivity contribution < 1.29 is 19.5 Å². The number of rotatable bonds is 15. The highest BCUT2D eigenvalue weighted by molar-refractivity contribution is 5.83. The second kappa shape index (κ2) is 21.4. The first-order chi connectivity index (χ1) is 12.4. The molecule has 0 bridgehead atoms. The third-order valence-corrected chi connectivity index (χ3v) is 3.49. The van der Waals surface area contributed by atoms with Gasteiger partial charge >= 0.3 is 0 Å². The fourth-order valence-electron chi connectivity index (χ4n) is 2.11. The standard InChI is InChI=1S/C16H34N4O2.C2H4O2/c17-11-5-1-3-7-13-19-15(21)9-10-16(22)20-14-8-4-2-6-12-18;1-2(3)4/h1-14,17-18H2,(H,19,21)(H,20,22);1H3,(H,3,4). The van der Waals surface area contributed by atoms with Crippen LogP contribution in [-0.4, -0.2) is 49.1 Å². The molecule has 0 rings (SSSR count). The molecule has 8 nitrogen and oxygen atoms in total. The summed E-state index contributed by atoms with van der Waals surface area (Å²) in [5, 5.41) is 13.1. The number of hydrogen-bond donors (Lipinski definition) is 5. The quantitative estimate of drug-likeness (QED) is 0.271. The van der Waals surface area contributed by atoms with E-state index < -0.39 is 5.97 Å².